The van der Waals surface area contributed by atoms with Gasteiger partial charge in [-0.25, -0.2) is 12.8 Å². The van der Waals surface area contributed by atoms with E-state index in [4.69, 9.17) is 0 Å². The van der Waals surface area contributed by atoms with Gasteiger partial charge in [-0.15, -0.1) is 0 Å². The van der Waals surface area contributed by atoms with Crippen molar-refractivity contribution in [3.8, 4) is 0 Å². The van der Waals surface area contributed by atoms with Crippen molar-refractivity contribution >= 4 is 27.3 Å². The fourth-order valence-electron chi connectivity index (χ4n) is 2.54. The average Bonchev–Trinajstić information content (AvgIpc) is 2.53. The fraction of sp³-hybridized carbons (Fsp3) is 0.278. The molecule has 0 aliphatic carbocycles. The number of benzene rings is 2. The number of hydrogen-bond donors (Lipinski definition) is 0. The van der Waals surface area contributed by atoms with E-state index in [1.54, 1.807) is 13.0 Å². The molecule has 0 aliphatic rings. The van der Waals surface area contributed by atoms with Crippen LogP contribution < -0.4 is 9.21 Å². The second kappa shape index (κ2) is 7.65. The molecule has 25 heavy (non-hydrogen) atoms. The van der Waals surface area contributed by atoms with Gasteiger partial charge in [0.15, 0.2) is 0 Å². The summed E-state index contributed by atoms with van der Waals surface area (Å²) in [5.74, 6) is -1.12. The molecule has 0 radical (unpaired) electrons. The molecule has 0 unspecified atom stereocenters. The molecule has 0 atom stereocenters. The van der Waals surface area contributed by atoms with Gasteiger partial charge in [0.05, 0.1) is 11.9 Å². The van der Waals surface area contributed by atoms with Crippen molar-refractivity contribution in [3.63, 3.8) is 0 Å². The number of carbonyl (C=O) groups is 1. The third-order valence-electron chi connectivity index (χ3n) is 3.73. The standard InChI is InChI=1S/C18H21FN2O3S/c1-4-20(15-9-7-8-14(2)12-15)18(22)13-21(25(3,23)24)17-11-6-5-10-16(17)19/h5-12H,4,13H2,1-3H3. The van der Waals surface area contributed by atoms with Crippen LogP contribution in [0.4, 0.5) is 15.8 Å². The van der Waals surface area contributed by atoms with Gasteiger partial charge in [-0.2, -0.15) is 0 Å². The third-order valence-corrected chi connectivity index (χ3v) is 4.86. The van der Waals surface area contributed by atoms with Crippen LogP contribution in [0.3, 0.4) is 0 Å². The second-order valence-corrected chi connectivity index (χ2v) is 7.60. The number of halogens is 1. The SMILES string of the molecule is CCN(C(=O)CN(c1ccccc1F)S(C)(=O)=O)c1cccc(C)c1. The minimum absolute atomic E-state index is 0.140. The smallest absolute Gasteiger partial charge is 0.247 e. The first-order chi connectivity index (χ1) is 11.7. The molecule has 2 aromatic carbocycles. The number of anilines is 2. The van der Waals surface area contributed by atoms with Crippen molar-refractivity contribution in [1.82, 2.24) is 0 Å². The first kappa shape index (κ1) is 18.9. The number of aryl methyl sites for hydroxylation is 1. The summed E-state index contributed by atoms with van der Waals surface area (Å²) >= 11 is 0. The number of amides is 1. The maximum absolute atomic E-state index is 14.0. The van der Waals surface area contributed by atoms with E-state index in [0.717, 1.165) is 22.2 Å². The lowest BCUT2D eigenvalue weighted by Gasteiger charge is -2.27. The van der Waals surface area contributed by atoms with E-state index >= 15 is 0 Å². The van der Waals surface area contributed by atoms with Crippen molar-refractivity contribution in [2.24, 2.45) is 0 Å². The summed E-state index contributed by atoms with van der Waals surface area (Å²) in [6.45, 7) is 3.61. The lowest BCUT2D eigenvalue weighted by molar-refractivity contribution is -0.117. The fourth-order valence-corrected chi connectivity index (χ4v) is 3.39. The summed E-state index contributed by atoms with van der Waals surface area (Å²) in [5, 5.41) is 0. The van der Waals surface area contributed by atoms with E-state index in [1.807, 2.05) is 25.1 Å². The van der Waals surface area contributed by atoms with Crippen molar-refractivity contribution in [2.75, 3.05) is 28.6 Å². The quantitative estimate of drug-likeness (QED) is 0.792. The molecule has 0 aromatic heterocycles. The van der Waals surface area contributed by atoms with Crippen molar-refractivity contribution in [3.05, 3.63) is 59.9 Å². The van der Waals surface area contributed by atoms with Gasteiger partial charge in [0.25, 0.3) is 0 Å². The first-order valence-electron chi connectivity index (χ1n) is 7.83. The van der Waals surface area contributed by atoms with Gasteiger partial charge in [0.1, 0.15) is 12.4 Å². The van der Waals surface area contributed by atoms with Crippen molar-refractivity contribution in [1.29, 1.82) is 0 Å². The molecule has 0 aliphatic heterocycles. The molecule has 1 amide bonds. The Bertz CT molecular complexity index is 868. The number of sulfonamides is 1. The number of hydrogen-bond acceptors (Lipinski definition) is 3. The summed E-state index contributed by atoms with van der Waals surface area (Å²) < 4.78 is 39.1. The highest BCUT2D eigenvalue weighted by Crippen LogP contribution is 2.22. The lowest BCUT2D eigenvalue weighted by atomic mass is 10.2. The Balaban J connectivity index is 2.35. The number of nitrogens with zero attached hydrogens (tertiary/aromatic N) is 2. The molecule has 0 N–H and O–H groups in total. The van der Waals surface area contributed by atoms with Crippen molar-refractivity contribution in [2.45, 2.75) is 13.8 Å². The monoisotopic (exact) mass is 364 g/mol. The second-order valence-electron chi connectivity index (χ2n) is 5.70. The minimum Gasteiger partial charge on any atom is -0.311 e. The molecule has 2 rings (SSSR count). The molecule has 0 spiro atoms. The van der Waals surface area contributed by atoms with E-state index < -0.39 is 28.3 Å². The Morgan fingerprint density at radius 2 is 1.80 bits per heavy atom. The molecule has 0 fully saturated rings. The Kier molecular flexibility index (Phi) is 5.79. The Morgan fingerprint density at radius 1 is 1.12 bits per heavy atom. The molecule has 0 saturated heterocycles. The number of likely N-dealkylation sites (N-methyl/N-ethyl adjacent to an activating group) is 1. The maximum atomic E-state index is 14.0. The number of para-hydroxylation sites is 1. The molecule has 0 bridgehead atoms. The van der Waals surface area contributed by atoms with Gasteiger partial charge in [-0.1, -0.05) is 24.3 Å². The largest absolute Gasteiger partial charge is 0.311 e. The highest BCUT2D eigenvalue weighted by Gasteiger charge is 2.26. The van der Waals surface area contributed by atoms with Gasteiger partial charge < -0.3 is 4.90 Å². The predicted octanol–water partition coefficient (Wildman–Crippen LogP) is 2.95. The van der Waals surface area contributed by atoms with Gasteiger partial charge >= 0.3 is 0 Å². The third kappa shape index (κ3) is 4.57. The molecule has 0 saturated carbocycles. The van der Waals surface area contributed by atoms with Gasteiger partial charge in [-0.3, -0.25) is 9.10 Å². The van der Waals surface area contributed by atoms with Crippen LogP contribution in [0.2, 0.25) is 0 Å². The number of rotatable bonds is 6. The van der Waals surface area contributed by atoms with Gasteiger partial charge in [-0.05, 0) is 43.7 Å². The van der Waals surface area contributed by atoms with Crippen LogP contribution in [-0.4, -0.2) is 33.7 Å². The van der Waals surface area contributed by atoms with Crippen LogP contribution >= 0.6 is 0 Å². The summed E-state index contributed by atoms with van der Waals surface area (Å²) in [6, 6.07) is 12.8. The Morgan fingerprint density at radius 3 is 2.36 bits per heavy atom. The summed E-state index contributed by atoms with van der Waals surface area (Å²) in [6.07, 6.45) is 0.954. The molecular weight excluding hydrogens is 343 g/mol. The van der Waals surface area contributed by atoms with E-state index in [-0.39, 0.29) is 5.69 Å². The number of carbonyl (C=O) groups excluding carboxylic acids is 1. The molecular formula is C18H21FN2O3S. The van der Waals surface area contributed by atoms with Crippen LogP contribution in [0, 0.1) is 12.7 Å². The molecule has 134 valence electrons. The molecule has 2 aromatic rings. The molecule has 7 heteroatoms. The highest BCUT2D eigenvalue weighted by atomic mass is 32.2. The van der Waals surface area contributed by atoms with E-state index in [0.29, 0.717) is 12.2 Å². The van der Waals surface area contributed by atoms with Gasteiger partial charge in [0.2, 0.25) is 15.9 Å². The predicted molar refractivity (Wildman–Crippen MR) is 97.8 cm³/mol. The van der Waals surface area contributed by atoms with Gasteiger partial charge in [0, 0.05) is 12.2 Å². The topological polar surface area (TPSA) is 57.7 Å². The maximum Gasteiger partial charge on any atom is 0.247 e. The van der Waals surface area contributed by atoms with Crippen LogP contribution in [-0.2, 0) is 14.8 Å². The summed E-state index contributed by atoms with van der Waals surface area (Å²) in [7, 11) is -3.82. The lowest BCUT2D eigenvalue weighted by Crippen LogP contribution is -2.43. The first-order valence-corrected chi connectivity index (χ1v) is 9.68. The minimum atomic E-state index is -3.82. The zero-order valence-corrected chi connectivity index (χ0v) is 15.3. The van der Waals surface area contributed by atoms with E-state index in [9.17, 15) is 17.6 Å². The summed E-state index contributed by atoms with van der Waals surface area (Å²) in [4.78, 5) is 14.2. The van der Waals surface area contributed by atoms with Crippen LogP contribution in [0.1, 0.15) is 12.5 Å². The molecule has 0 heterocycles. The normalized spacial score (nSPS) is 11.2. The van der Waals surface area contributed by atoms with E-state index in [1.165, 1.54) is 23.1 Å². The van der Waals surface area contributed by atoms with Crippen LogP contribution in [0.25, 0.3) is 0 Å². The summed E-state index contributed by atoms with van der Waals surface area (Å²) in [5.41, 5.74) is 1.52. The zero-order valence-electron chi connectivity index (χ0n) is 14.4. The highest BCUT2D eigenvalue weighted by molar-refractivity contribution is 7.92. The van der Waals surface area contributed by atoms with Crippen LogP contribution in [0.15, 0.2) is 48.5 Å². The Labute approximate surface area is 147 Å². The zero-order chi connectivity index (χ0) is 18.6. The van der Waals surface area contributed by atoms with E-state index in [2.05, 4.69) is 0 Å². The van der Waals surface area contributed by atoms with Crippen LogP contribution in [0.5, 0.6) is 0 Å². The Hall–Kier alpha value is -2.41. The molecule has 5 nitrogen and oxygen atoms in total. The van der Waals surface area contributed by atoms with Crippen molar-refractivity contribution < 1.29 is 17.6 Å². The average molecular weight is 364 g/mol.